The minimum absolute atomic E-state index is 0.176. The fourth-order valence-corrected chi connectivity index (χ4v) is 2.73. The van der Waals surface area contributed by atoms with E-state index in [1.54, 1.807) is 0 Å². The molecule has 0 radical (unpaired) electrons. The quantitative estimate of drug-likeness (QED) is 0.569. The van der Waals surface area contributed by atoms with Crippen LogP contribution >= 0.6 is 0 Å². The summed E-state index contributed by atoms with van der Waals surface area (Å²) in [4.78, 5) is 23.8. The molecule has 0 unspecified atom stereocenters. The van der Waals surface area contributed by atoms with E-state index in [-0.39, 0.29) is 24.8 Å². The molecule has 0 aliphatic heterocycles. The molecule has 0 amide bonds. The summed E-state index contributed by atoms with van der Waals surface area (Å²) in [5.74, 6) is 0.397. The van der Waals surface area contributed by atoms with Crippen LogP contribution in [0.25, 0.3) is 0 Å². The Kier molecular flexibility index (Phi) is 6.34. The Morgan fingerprint density at radius 3 is 1.28 bits per heavy atom. The lowest BCUT2D eigenvalue weighted by Crippen LogP contribution is -2.12. The molecule has 0 atom stereocenters. The molecule has 25 heavy (non-hydrogen) atoms. The zero-order valence-electron chi connectivity index (χ0n) is 15.2. The Bertz CT molecular complexity index is 671. The molecule has 0 aromatic heterocycles. The van der Waals surface area contributed by atoms with Crippen molar-refractivity contribution in [1.29, 1.82) is 0 Å². The molecule has 0 spiro atoms. The predicted octanol–water partition coefficient (Wildman–Crippen LogP) is 4.60. The van der Waals surface area contributed by atoms with E-state index in [2.05, 4.69) is 0 Å². The van der Waals surface area contributed by atoms with Gasteiger partial charge in [-0.25, -0.2) is 0 Å². The summed E-state index contributed by atoms with van der Waals surface area (Å²) in [6, 6.07) is 11.3. The Morgan fingerprint density at radius 1 is 0.640 bits per heavy atom. The molecule has 0 fully saturated rings. The molecule has 0 aliphatic rings. The highest BCUT2D eigenvalue weighted by Crippen LogP contribution is 2.18. The van der Waals surface area contributed by atoms with Gasteiger partial charge in [-0.05, 0) is 80.6 Å². The highest BCUT2D eigenvalue weighted by atomic mass is 16.5. The first-order valence-corrected chi connectivity index (χ1v) is 8.40. The third-order valence-corrected chi connectivity index (χ3v) is 3.62. The van der Waals surface area contributed by atoms with Crippen molar-refractivity contribution in [2.24, 2.45) is 0 Å². The Morgan fingerprint density at radius 2 is 0.960 bits per heavy atom. The zero-order valence-corrected chi connectivity index (χ0v) is 15.2. The molecular formula is C21H24O4. The second kappa shape index (κ2) is 8.47. The molecule has 2 rings (SSSR count). The van der Waals surface area contributed by atoms with E-state index in [1.807, 2.05) is 64.1 Å². The van der Waals surface area contributed by atoms with Gasteiger partial charge in [0.1, 0.15) is 11.5 Å². The van der Waals surface area contributed by atoms with Gasteiger partial charge in [0, 0.05) is 12.8 Å². The smallest absolute Gasteiger partial charge is 0.311 e. The van der Waals surface area contributed by atoms with Gasteiger partial charge in [-0.2, -0.15) is 0 Å². The van der Waals surface area contributed by atoms with Crippen LogP contribution in [0, 0.1) is 27.7 Å². The predicted molar refractivity (Wildman–Crippen MR) is 97.0 cm³/mol. The third-order valence-electron chi connectivity index (χ3n) is 3.62. The van der Waals surface area contributed by atoms with Crippen molar-refractivity contribution in [2.45, 2.75) is 47.0 Å². The summed E-state index contributed by atoms with van der Waals surface area (Å²) in [5.41, 5.74) is 4.17. The topological polar surface area (TPSA) is 52.6 Å². The van der Waals surface area contributed by atoms with E-state index in [1.165, 1.54) is 0 Å². The van der Waals surface area contributed by atoms with Gasteiger partial charge in [-0.3, -0.25) is 9.59 Å². The maximum absolute atomic E-state index is 11.9. The number of aryl methyl sites for hydroxylation is 4. The SMILES string of the molecule is Cc1cc(C)cc(OC(=O)CCCC(=O)Oc2cc(C)cc(C)c2)c1. The second-order valence-electron chi connectivity index (χ2n) is 6.45. The Hall–Kier alpha value is -2.62. The van der Waals surface area contributed by atoms with E-state index in [9.17, 15) is 9.59 Å². The van der Waals surface area contributed by atoms with Gasteiger partial charge < -0.3 is 9.47 Å². The zero-order chi connectivity index (χ0) is 18.4. The van der Waals surface area contributed by atoms with Crippen LogP contribution in [0.3, 0.4) is 0 Å². The van der Waals surface area contributed by atoms with Gasteiger partial charge in [-0.15, -0.1) is 0 Å². The van der Waals surface area contributed by atoms with E-state index in [0.29, 0.717) is 17.9 Å². The normalized spacial score (nSPS) is 10.4. The maximum atomic E-state index is 11.9. The highest BCUT2D eigenvalue weighted by Gasteiger charge is 2.10. The molecule has 0 heterocycles. The van der Waals surface area contributed by atoms with Crippen LogP contribution in [-0.4, -0.2) is 11.9 Å². The summed E-state index contributed by atoms with van der Waals surface area (Å²) < 4.78 is 10.6. The number of carbonyl (C=O) groups excluding carboxylic acids is 2. The van der Waals surface area contributed by atoms with Crippen LogP contribution in [0.2, 0.25) is 0 Å². The van der Waals surface area contributed by atoms with Gasteiger partial charge in [0.25, 0.3) is 0 Å². The summed E-state index contributed by atoms with van der Waals surface area (Å²) in [6.45, 7) is 7.81. The van der Waals surface area contributed by atoms with Crippen LogP contribution in [0.15, 0.2) is 36.4 Å². The number of ether oxygens (including phenoxy) is 2. The summed E-state index contributed by atoms with van der Waals surface area (Å²) in [7, 11) is 0. The van der Waals surface area contributed by atoms with Crippen LogP contribution in [0.4, 0.5) is 0 Å². The summed E-state index contributed by atoms with van der Waals surface area (Å²) in [6.07, 6.45) is 0.747. The van der Waals surface area contributed by atoms with E-state index in [0.717, 1.165) is 22.3 Å². The molecule has 4 nitrogen and oxygen atoms in total. The second-order valence-corrected chi connectivity index (χ2v) is 6.45. The number of carbonyl (C=O) groups is 2. The van der Waals surface area contributed by atoms with Gasteiger partial charge in [-0.1, -0.05) is 12.1 Å². The van der Waals surface area contributed by atoms with Crippen molar-refractivity contribution >= 4 is 11.9 Å². The van der Waals surface area contributed by atoms with Crippen molar-refractivity contribution < 1.29 is 19.1 Å². The first kappa shape index (κ1) is 18.7. The number of hydrogen-bond donors (Lipinski definition) is 0. The van der Waals surface area contributed by atoms with Crippen molar-refractivity contribution in [3.8, 4) is 11.5 Å². The highest BCUT2D eigenvalue weighted by molar-refractivity contribution is 5.75. The Labute approximate surface area is 148 Å². The van der Waals surface area contributed by atoms with Gasteiger partial charge in [0.2, 0.25) is 0 Å². The third kappa shape index (κ3) is 6.42. The van der Waals surface area contributed by atoms with E-state index in [4.69, 9.17) is 9.47 Å². The van der Waals surface area contributed by atoms with Crippen LogP contribution in [-0.2, 0) is 9.59 Å². The molecule has 2 aromatic carbocycles. The number of rotatable bonds is 6. The molecule has 0 aliphatic carbocycles. The Balaban J connectivity index is 1.77. The van der Waals surface area contributed by atoms with Crippen LogP contribution in [0.5, 0.6) is 11.5 Å². The van der Waals surface area contributed by atoms with Crippen molar-refractivity contribution in [1.82, 2.24) is 0 Å². The first-order chi connectivity index (χ1) is 11.8. The average Bonchev–Trinajstić information content (AvgIpc) is 2.44. The number of hydrogen-bond acceptors (Lipinski definition) is 4. The molecule has 0 N–H and O–H groups in total. The van der Waals surface area contributed by atoms with Crippen molar-refractivity contribution in [3.63, 3.8) is 0 Å². The molecule has 2 aromatic rings. The molecule has 0 bridgehead atoms. The van der Waals surface area contributed by atoms with E-state index >= 15 is 0 Å². The number of esters is 2. The largest absolute Gasteiger partial charge is 0.427 e. The minimum atomic E-state index is -0.343. The van der Waals surface area contributed by atoms with Gasteiger partial charge in [0.05, 0.1) is 0 Å². The van der Waals surface area contributed by atoms with Crippen molar-refractivity contribution in [2.75, 3.05) is 0 Å². The van der Waals surface area contributed by atoms with Crippen molar-refractivity contribution in [3.05, 3.63) is 58.7 Å². The van der Waals surface area contributed by atoms with Gasteiger partial charge in [0.15, 0.2) is 0 Å². The fraction of sp³-hybridized carbons (Fsp3) is 0.333. The lowest BCUT2D eigenvalue weighted by Gasteiger charge is -2.08. The monoisotopic (exact) mass is 340 g/mol. The lowest BCUT2D eigenvalue weighted by molar-refractivity contribution is -0.136. The fourth-order valence-electron chi connectivity index (χ4n) is 2.73. The maximum Gasteiger partial charge on any atom is 0.311 e. The van der Waals surface area contributed by atoms with E-state index < -0.39 is 0 Å². The molecule has 0 saturated carbocycles. The lowest BCUT2D eigenvalue weighted by atomic mass is 10.1. The van der Waals surface area contributed by atoms with Crippen LogP contribution < -0.4 is 9.47 Å². The summed E-state index contributed by atoms with van der Waals surface area (Å²) >= 11 is 0. The summed E-state index contributed by atoms with van der Waals surface area (Å²) in [5, 5.41) is 0. The average molecular weight is 340 g/mol. The molecule has 132 valence electrons. The van der Waals surface area contributed by atoms with Crippen LogP contribution in [0.1, 0.15) is 41.5 Å². The van der Waals surface area contributed by atoms with Gasteiger partial charge >= 0.3 is 11.9 Å². The molecule has 4 heteroatoms. The molecule has 0 saturated heterocycles. The number of benzene rings is 2. The first-order valence-electron chi connectivity index (χ1n) is 8.40. The standard InChI is InChI=1S/C21H24O4/c1-14-8-15(2)11-18(10-14)24-20(22)6-5-7-21(23)25-19-12-16(3)9-17(4)13-19/h8-13H,5-7H2,1-4H3. The minimum Gasteiger partial charge on any atom is -0.427 e. The molecular weight excluding hydrogens is 316 g/mol.